The molecule has 1 aliphatic heterocycles. The topological polar surface area (TPSA) is 60.9 Å². The first-order valence-corrected chi connectivity index (χ1v) is 10.5. The SMILES string of the molecule is CCN(CC)CCN1C(=O)C(O)=C(C(=O)c2cccs2)[C@@H]1c1cccc(Cl)c1. The van der Waals surface area contributed by atoms with Gasteiger partial charge in [-0.3, -0.25) is 9.59 Å². The fourth-order valence-electron chi connectivity index (χ4n) is 3.47. The van der Waals surface area contributed by atoms with E-state index in [1.807, 2.05) is 6.07 Å². The van der Waals surface area contributed by atoms with E-state index in [9.17, 15) is 14.7 Å². The first-order chi connectivity index (χ1) is 13.5. The lowest BCUT2D eigenvalue weighted by Gasteiger charge is -2.29. The van der Waals surface area contributed by atoms with Crippen LogP contribution >= 0.6 is 22.9 Å². The van der Waals surface area contributed by atoms with Gasteiger partial charge in [0.05, 0.1) is 16.5 Å². The molecule has 2 heterocycles. The number of hydrogen-bond acceptors (Lipinski definition) is 5. The third-order valence-corrected chi connectivity index (χ3v) is 6.11. The van der Waals surface area contributed by atoms with Crippen molar-refractivity contribution in [2.75, 3.05) is 26.2 Å². The Morgan fingerprint density at radius 3 is 2.61 bits per heavy atom. The summed E-state index contributed by atoms with van der Waals surface area (Å²) in [5.41, 5.74) is 0.832. The number of Topliss-reactive ketones (excluding diaryl/α,β-unsaturated/α-hetero) is 1. The van der Waals surface area contributed by atoms with Gasteiger partial charge in [0.15, 0.2) is 5.76 Å². The molecule has 5 nitrogen and oxygen atoms in total. The molecular weight excluding hydrogens is 396 g/mol. The van der Waals surface area contributed by atoms with Gasteiger partial charge in [0.2, 0.25) is 5.78 Å². The number of aliphatic hydroxyl groups excluding tert-OH is 1. The van der Waals surface area contributed by atoms with E-state index in [2.05, 4.69) is 18.7 Å². The largest absolute Gasteiger partial charge is 0.503 e. The fourth-order valence-corrected chi connectivity index (χ4v) is 4.35. The van der Waals surface area contributed by atoms with Gasteiger partial charge >= 0.3 is 0 Å². The van der Waals surface area contributed by atoms with Crippen LogP contribution in [0, 0.1) is 0 Å². The van der Waals surface area contributed by atoms with Crippen LogP contribution in [0.3, 0.4) is 0 Å². The Morgan fingerprint density at radius 2 is 2.00 bits per heavy atom. The molecule has 0 saturated heterocycles. The standard InChI is InChI=1S/C21H23ClN2O3S/c1-3-23(4-2)10-11-24-18(14-7-5-8-15(22)13-14)17(20(26)21(24)27)19(25)16-9-6-12-28-16/h5-9,12-13,18,26H,3-4,10-11H2,1-2H3/t18-/m0/s1. The molecule has 0 fully saturated rings. The van der Waals surface area contributed by atoms with Crippen LogP contribution in [0.4, 0.5) is 0 Å². The van der Waals surface area contributed by atoms with E-state index in [1.54, 1.807) is 40.6 Å². The smallest absolute Gasteiger partial charge is 0.290 e. The zero-order valence-corrected chi connectivity index (χ0v) is 17.5. The van der Waals surface area contributed by atoms with Crippen LogP contribution in [-0.2, 0) is 4.79 Å². The molecule has 0 saturated carbocycles. The Hall–Kier alpha value is -2.15. The van der Waals surface area contributed by atoms with E-state index in [0.717, 1.165) is 13.1 Å². The summed E-state index contributed by atoms with van der Waals surface area (Å²) in [6.07, 6.45) is 0. The van der Waals surface area contributed by atoms with Crippen LogP contribution in [0.25, 0.3) is 0 Å². The minimum atomic E-state index is -0.656. The maximum atomic E-state index is 13.1. The second-order valence-electron chi connectivity index (χ2n) is 6.55. The normalized spacial score (nSPS) is 17.1. The lowest BCUT2D eigenvalue weighted by Crippen LogP contribution is -2.38. The van der Waals surface area contributed by atoms with E-state index >= 15 is 0 Å². The van der Waals surface area contributed by atoms with Crippen LogP contribution in [0.2, 0.25) is 5.02 Å². The number of carbonyl (C=O) groups is 2. The fraction of sp³-hybridized carbons (Fsp3) is 0.333. The molecule has 7 heteroatoms. The number of likely N-dealkylation sites (N-methyl/N-ethyl adjacent to an activating group) is 1. The summed E-state index contributed by atoms with van der Waals surface area (Å²) < 4.78 is 0. The highest BCUT2D eigenvalue weighted by Crippen LogP contribution is 2.39. The van der Waals surface area contributed by atoms with E-state index in [0.29, 0.717) is 28.6 Å². The van der Waals surface area contributed by atoms with Crippen LogP contribution in [-0.4, -0.2) is 52.8 Å². The Bertz CT molecular complexity index is 891. The summed E-state index contributed by atoms with van der Waals surface area (Å²) in [6, 6.07) is 9.92. The first kappa shape index (κ1) is 20.6. The molecule has 1 aromatic carbocycles. The predicted octanol–water partition coefficient (Wildman–Crippen LogP) is 4.32. The second kappa shape index (κ2) is 8.90. The van der Waals surface area contributed by atoms with Gasteiger partial charge in [0.25, 0.3) is 5.91 Å². The molecular formula is C21H23ClN2O3S. The average molecular weight is 419 g/mol. The van der Waals surface area contributed by atoms with E-state index in [4.69, 9.17) is 11.6 Å². The van der Waals surface area contributed by atoms with Crippen molar-refractivity contribution < 1.29 is 14.7 Å². The van der Waals surface area contributed by atoms with Crippen molar-refractivity contribution in [3.05, 3.63) is 68.6 Å². The number of thiophene rings is 1. The molecule has 28 heavy (non-hydrogen) atoms. The monoisotopic (exact) mass is 418 g/mol. The molecule has 1 atom stereocenters. The number of ketones is 1. The van der Waals surface area contributed by atoms with Crippen molar-refractivity contribution in [3.63, 3.8) is 0 Å². The van der Waals surface area contributed by atoms with Crippen molar-refractivity contribution in [3.8, 4) is 0 Å². The summed E-state index contributed by atoms with van der Waals surface area (Å²) in [6.45, 7) is 6.91. The Morgan fingerprint density at radius 1 is 1.25 bits per heavy atom. The van der Waals surface area contributed by atoms with Crippen molar-refractivity contribution in [1.29, 1.82) is 0 Å². The number of hydrogen-bond donors (Lipinski definition) is 1. The van der Waals surface area contributed by atoms with E-state index < -0.39 is 17.7 Å². The van der Waals surface area contributed by atoms with E-state index in [-0.39, 0.29) is 11.4 Å². The summed E-state index contributed by atoms with van der Waals surface area (Å²) in [4.78, 5) is 30.2. The number of halogens is 1. The maximum absolute atomic E-state index is 13.1. The summed E-state index contributed by atoms with van der Waals surface area (Å²) in [5.74, 6) is -1.31. The Balaban J connectivity index is 2.01. The number of benzene rings is 1. The third kappa shape index (κ3) is 3.99. The zero-order valence-electron chi connectivity index (χ0n) is 15.9. The summed E-state index contributed by atoms with van der Waals surface area (Å²) in [7, 11) is 0. The van der Waals surface area contributed by atoms with Crippen molar-refractivity contribution in [2.24, 2.45) is 0 Å². The Kier molecular flexibility index (Phi) is 6.54. The van der Waals surface area contributed by atoms with Gasteiger partial charge in [-0.25, -0.2) is 0 Å². The minimum Gasteiger partial charge on any atom is -0.503 e. The first-order valence-electron chi connectivity index (χ1n) is 9.28. The molecule has 0 radical (unpaired) electrons. The highest BCUT2D eigenvalue weighted by atomic mass is 35.5. The molecule has 0 spiro atoms. The molecule has 2 aromatic rings. The molecule has 3 rings (SSSR count). The molecule has 1 aliphatic rings. The predicted molar refractivity (Wildman–Crippen MR) is 112 cm³/mol. The average Bonchev–Trinajstić information content (AvgIpc) is 3.31. The number of nitrogens with zero attached hydrogens (tertiary/aromatic N) is 2. The molecule has 1 aromatic heterocycles. The highest BCUT2D eigenvalue weighted by Gasteiger charge is 2.43. The molecule has 0 bridgehead atoms. The van der Waals surface area contributed by atoms with Gasteiger partial charge in [0.1, 0.15) is 0 Å². The van der Waals surface area contributed by atoms with Gasteiger partial charge < -0.3 is 14.9 Å². The maximum Gasteiger partial charge on any atom is 0.290 e. The second-order valence-corrected chi connectivity index (χ2v) is 7.94. The quantitative estimate of drug-likeness (QED) is 0.648. The zero-order chi connectivity index (χ0) is 20.3. The van der Waals surface area contributed by atoms with Gasteiger partial charge in [-0.05, 0) is 42.2 Å². The van der Waals surface area contributed by atoms with Crippen LogP contribution < -0.4 is 0 Å². The number of amides is 1. The van der Waals surface area contributed by atoms with Gasteiger partial charge in [0, 0.05) is 18.1 Å². The number of rotatable bonds is 8. The Labute approximate surface area is 173 Å². The van der Waals surface area contributed by atoms with Gasteiger partial charge in [-0.15, -0.1) is 11.3 Å². The highest BCUT2D eigenvalue weighted by molar-refractivity contribution is 7.12. The van der Waals surface area contributed by atoms with Crippen LogP contribution in [0.5, 0.6) is 0 Å². The third-order valence-electron chi connectivity index (χ3n) is 5.01. The van der Waals surface area contributed by atoms with Crippen molar-refractivity contribution >= 4 is 34.6 Å². The number of aliphatic hydroxyl groups is 1. The molecule has 148 valence electrons. The number of carbonyl (C=O) groups excluding carboxylic acids is 2. The van der Waals surface area contributed by atoms with E-state index in [1.165, 1.54) is 11.3 Å². The molecule has 0 unspecified atom stereocenters. The summed E-state index contributed by atoms with van der Waals surface area (Å²) >= 11 is 7.46. The van der Waals surface area contributed by atoms with Gasteiger partial charge in [-0.1, -0.05) is 43.6 Å². The van der Waals surface area contributed by atoms with Crippen molar-refractivity contribution in [2.45, 2.75) is 19.9 Å². The molecule has 1 amide bonds. The molecule has 1 N–H and O–H groups in total. The van der Waals surface area contributed by atoms with Crippen molar-refractivity contribution in [1.82, 2.24) is 9.80 Å². The van der Waals surface area contributed by atoms with Crippen LogP contribution in [0.15, 0.2) is 53.1 Å². The van der Waals surface area contributed by atoms with Gasteiger partial charge in [-0.2, -0.15) is 0 Å². The van der Waals surface area contributed by atoms with Crippen LogP contribution in [0.1, 0.15) is 35.1 Å². The lowest BCUT2D eigenvalue weighted by atomic mass is 9.95. The summed E-state index contributed by atoms with van der Waals surface area (Å²) in [5, 5.41) is 12.9. The molecule has 0 aliphatic carbocycles. The lowest BCUT2D eigenvalue weighted by molar-refractivity contribution is -0.129. The minimum absolute atomic E-state index is 0.120.